The molecule has 1 amide bonds. The number of amides is 1. The minimum Gasteiger partial charge on any atom is -0.352 e. The Morgan fingerprint density at radius 1 is 1.14 bits per heavy atom. The van der Waals surface area contributed by atoms with Gasteiger partial charge in [0, 0.05) is 32.0 Å². The van der Waals surface area contributed by atoms with Crippen LogP contribution >= 0.6 is 0 Å². The van der Waals surface area contributed by atoms with E-state index in [1.165, 1.54) is 6.07 Å². The molecule has 3 aromatic rings. The van der Waals surface area contributed by atoms with Gasteiger partial charge in [-0.3, -0.25) is 9.69 Å². The molecule has 2 aromatic carbocycles. The SMILES string of the molecule is O=C(NCc1ccc(-n2cccn2)cc1)C1CCCN(Cc2cccc(F)c2)C1. The fraction of sp³-hybridized carbons (Fsp3) is 0.304. The molecule has 5 nitrogen and oxygen atoms in total. The topological polar surface area (TPSA) is 50.2 Å². The Kier molecular flexibility index (Phi) is 6.00. The highest BCUT2D eigenvalue weighted by Gasteiger charge is 2.25. The van der Waals surface area contributed by atoms with Crippen molar-refractivity contribution in [3.8, 4) is 5.69 Å². The zero-order valence-corrected chi connectivity index (χ0v) is 16.3. The van der Waals surface area contributed by atoms with Gasteiger partial charge in [-0.25, -0.2) is 9.07 Å². The summed E-state index contributed by atoms with van der Waals surface area (Å²) in [7, 11) is 0. The molecule has 1 aromatic heterocycles. The van der Waals surface area contributed by atoms with Crippen LogP contribution in [-0.2, 0) is 17.9 Å². The van der Waals surface area contributed by atoms with Gasteiger partial charge in [0.05, 0.1) is 11.6 Å². The number of piperidine rings is 1. The highest BCUT2D eigenvalue weighted by atomic mass is 19.1. The van der Waals surface area contributed by atoms with Crippen LogP contribution in [0.1, 0.15) is 24.0 Å². The lowest BCUT2D eigenvalue weighted by Gasteiger charge is -2.32. The van der Waals surface area contributed by atoms with Crippen LogP contribution < -0.4 is 5.32 Å². The minimum absolute atomic E-state index is 0.0272. The lowest BCUT2D eigenvalue weighted by atomic mass is 9.96. The highest BCUT2D eigenvalue weighted by Crippen LogP contribution is 2.19. The lowest BCUT2D eigenvalue weighted by molar-refractivity contribution is -0.126. The van der Waals surface area contributed by atoms with Gasteiger partial charge in [-0.1, -0.05) is 24.3 Å². The molecule has 1 saturated heterocycles. The fourth-order valence-electron chi connectivity index (χ4n) is 3.83. The van der Waals surface area contributed by atoms with E-state index in [4.69, 9.17) is 0 Å². The van der Waals surface area contributed by atoms with Crippen LogP contribution in [0.25, 0.3) is 5.69 Å². The molecule has 4 rings (SSSR count). The molecule has 1 aliphatic heterocycles. The first-order valence-corrected chi connectivity index (χ1v) is 10.0. The van der Waals surface area contributed by atoms with E-state index in [-0.39, 0.29) is 17.6 Å². The smallest absolute Gasteiger partial charge is 0.224 e. The van der Waals surface area contributed by atoms with E-state index in [0.29, 0.717) is 19.6 Å². The number of likely N-dealkylation sites (tertiary alicyclic amines) is 1. The predicted octanol–water partition coefficient (Wildman–Crippen LogP) is 3.54. The molecular formula is C23H25FN4O. The van der Waals surface area contributed by atoms with Crippen LogP contribution in [0.15, 0.2) is 67.0 Å². The van der Waals surface area contributed by atoms with Crippen molar-refractivity contribution in [3.05, 3.63) is 83.9 Å². The average molecular weight is 392 g/mol. The van der Waals surface area contributed by atoms with Crippen LogP contribution in [0.5, 0.6) is 0 Å². The number of hydrogen-bond acceptors (Lipinski definition) is 3. The summed E-state index contributed by atoms with van der Waals surface area (Å²) in [5.74, 6) is -0.155. The third kappa shape index (κ3) is 5.09. The van der Waals surface area contributed by atoms with Crippen molar-refractivity contribution in [3.63, 3.8) is 0 Å². The Morgan fingerprint density at radius 3 is 2.76 bits per heavy atom. The first-order valence-electron chi connectivity index (χ1n) is 10.0. The maximum absolute atomic E-state index is 13.4. The van der Waals surface area contributed by atoms with Crippen molar-refractivity contribution in [2.24, 2.45) is 5.92 Å². The molecule has 1 fully saturated rings. The Bertz CT molecular complexity index is 940. The first-order chi connectivity index (χ1) is 14.2. The van der Waals surface area contributed by atoms with Gasteiger partial charge in [0.1, 0.15) is 5.82 Å². The standard InChI is InChI=1S/C23H25FN4O/c24-21-6-1-4-19(14-21)16-27-12-2-5-20(17-27)23(29)25-15-18-7-9-22(10-8-18)28-13-3-11-26-28/h1,3-4,6-11,13-14,20H,2,5,12,15-17H2,(H,25,29). The molecule has 29 heavy (non-hydrogen) atoms. The highest BCUT2D eigenvalue weighted by molar-refractivity contribution is 5.79. The Morgan fingerprint density at radius 2 is 2.00 bits per heavy atom. The molecule has 1 atom stereocenters. The van der Waals surface area contributed by atoms with Crippen molar-refractivity contribution in [1.82, 2.24) is 20.0 Å². The lowest BCUT2D eigenvalue weighted by Crippen LogP contribution is -2.42. The zero-order valence-electron chi connectivity index (χ0n) is 16.3. The molecule has 0 radical (unpaired) electrons. The number of benzene rings is 2. The van der Waals surface area contributed by atoms with Crippen molar-refractivity contribution >= 4 is 5.91 Å². The Hall–Kier alpha value is -2.99. The van der Waals surface area contributed by atoms with Crippen LogP contribution in [-0.4, -0.2) is 33.7 Å². The van der Waals surface area contributed by atoms with E-state index < -0.39 is 0 Å². The van der Waals surface area contributed by atoms with E-state index in [9.17, 15) is 9.18 Å². The summed E-state index contributed by atoms with van der Waals surface area (Å²) in [6.45, 7) is 2.84. The number of rotatable bonds is 6. The number of carbonyl (C=O) groups is 1. The van der Waals surface area contributed by atoms with E-state index in [1.807, 2.05) is 42.6 Å². The summed E-state index contributed by atoms with van der Waals surface area (Å²) in [5, 5.41) is 7.28. The van der Waals surface area contributed by atoms with Crippen molar-refractivity contribution in [2.75, 3.05) is 13.1 Å². The molecule has 0 bridgehead atoms. The molecule has 1 N–H and O–H groups in total. The van der Waals surface area contributed by atoms with Gasteiger partial charge in [-0.15, -0.1) is 0 Å². The Labute approximate surface area is 170 Å². The van der Waals surface area contributed by atoms with Gasteiger partial charge in [-0.05, 0) is 60.8 Å². The third-order valence-corrected chi connectivity index (χ3v) is 5.34. The van der Waals surface area contributed by atoms with Crippen molar-refractivity contribution in [1.29, 1.82) is 0 Å². The number of carbonyl (C=O) groups excluding carboxylic acids is 1. The second-order valence-electron chi connectivity index (χ2n) is 7.54. The minimum atomic E-state index is -0.215. The van der Waals surface area contributed by atoms with E-state index >= 15 is 0 Å². The summed E-state index contributed by atoms with van der Waals surface area (Å²) in [6, 6.07) is 16.6. The Balaban J connectivity index is 1.29. The average Bonchev–Trinajstić information content (AvgIpc) is 3.27. The molecule has 150 valence electrons. The molecular weight excluding hydrogens is 367 g/mol. The summed E-state index contributed by atoms with van der Waals surface area (Å²) in [5.41, 5.74) is 3.00. The van der Waals surface area contributed by atoms with Gasteiger partial charge in [0.15, 0.2) is 0 Å². The second-order valence-corrected chi connectivity index (χ2v) is 7.54. The summed E-state index contributed by atoms with van der Waals surface area (Å²) < 4.78 is 15.2. The third-order valence-electron chi connectivity index (χ3n) is 5.34. The number of nitrogens with one attached hydrogen (secondary N) is 1. The predicted molar refractivity (Wildman–Crippen MR) is 110 cm³/mol. The molecule has 1 aliphatic rings. The van der Waals surface area contributed by atoms with Gasteiger partial charge >= 0.3 is 0 Å². The monoisotopic (exact) mass is 392 g/mol. The number of aromatic nitrogens is 2. The van der Waals surface area contributed by atoms with Crippen molar-refractivity contribution < 1.29 is 9.18 Å². The number of hydrogen-bond donors (Lipinski definition) is 1. The largest absolute Gasteiger partial charge is 0.352 e. The number of halogens is 1. The van der Waals surface area contributed by atoms with Crippen LogP contribution in [0.4, 0.5) is 4.39 Å². The maximum atomic E-state index is 13.4. The molecule has 6 heteroatoms. The first kappa shape index (κ1) is 19.3. The fourth-order valence-corrected chi connectivity index (χ4v) is 3.83. The van der Waals surface area contributed by atoms with Gasteiger partial charge < -0.3 is 5.32 Å². The van der Waals surface area contributed by atoms with Gasteiger partial charge in [0.25, 0.3) is 0 Å². The summed E-state index contributed by atoms with van der Waals surface area (Å²) in [4.78, 5) is 14.9. The van der Waals surface area contributed by atoms with E-state index in [2.05, 4.69) is 15.3 Å². The number of nitrogens with zero attached hydrogens (tertiary/aromatic N) is 3. The van der Waals surface area contributed by atoms with E-state index in [0.717, 1.165) is 36.2 Å². The summed E-state index contributed by atoms with van der Waals surface area (Å²) in [6.07, 6.45) is 5.51. The second kappa shape index (κ2) is 9.01. The molecule has 0 saturated carbocycles. The molecule has 0 spiro atoms. The quantitative estimate of drug-likeness (QED) is 0.698. The molecule has 2 heterocycles. The normalized spacial score (nSPS) is 17.2. The van der Waals surface area contributed by atoms with Gasteiger partial charge in [0.2, 0.25) is 5.91 Å². The van der Waals surface area contributed by atoms with Crippen LogP contribution in [0, 0.1) is 11.7 Å². The molecule has 0 aliphatic carbocycles. The van der Waals surface area contributed by atoms with Crippen molar-refractivity contribution in [2.45, 2.75) is 25.9 Å². The van der Waals surface area contributed by atoms with Crippen LogP contribution in [0.3, 0.4) is 0 Å². The van der Waals surface area contributed by atoms with Crippen LogP contribution in [0.2, 0.25) is 0 Å². The van der Waals surface area contributed by atoms with E-state index in [1.54, 1.807) is 23.0 Å². The zero-order chi connectivity index (χ0) is 20.1. The van der Waals surface area contributed by atoms with Gasteiger partial charge in [-0.2, -0.15) is 5.10 Å². The summed E-state index contributed by atoms with van der Waals surface area (Å²) >= 11 is 0. The maximum Gasteiger partial charge on any atom is 0.224 e. The molecule has 1 unspecified atom stereocenters.